The number of halogens is 4. The molecule has 1 fully saturated rings. The molecule has 0 radical (unpaired) electrons. The number of hydrogen-bond acceptors (Lipinski definition) is 0. The molecule has 0 unspecified atom stereocenters. The maximum absolute atomic E-state index is 14.5. The molecule has 0 spiro atoms. The fourth-order valence-electron chi connectivity index (χ4n) is 3.99. The minimum absolute atomic E-state index is 0.164. The zero-order chi connectivity index (χ0) is 19.4. The standard InChI is InChI=1S/C23H24F4/c1-2-3-15-4-8-17(9-5-15)18-13-21(25)19(22(26)14-18)10-6-16-7-11-20(24)23(27)12-16/h6-7,10-15,17H,2-5,8-9H2,1H3/t15-,17-. The van der Waals surface area contributed by atoms with Crippen LogP contribution in [-0.2, 0) is 0 Å². The lowest BCUT2D eigenvalue weighted by Gasteiger charge is -2.28. The lowest BCUT2D eigenvalue weighted by atomic mass is 9.77. The monoisotopic (exact) mass is 376 g/mol. The molecule has 2 aromatic carbocycles. The van der Waals surface area contributed by atoms with Crippen LogP contribution in [-0.4, -0.2) is 0 Å². The van der Waals surface area contributed by atoms with Crippen LogP contribution in [0.2, 0.25) is 0 Å². The first kappa shape index (κ1) is 19.7. The van der Waals surface area contributed by atoms with Gasteiger partial charge in [0.1, 0.15) is 11.6 Å². The highest BCUT2D eigenvalue weighted by Gasteiger charge is 2.23. The molecule has 1 aliphatic rings. The summed E-state index contributed by atoms with van der Waals surface area (Å²) < 4.78 is 55.2. The maximum Gasteiger partial charge on any atom is 0.159 e. The Kier molecular flexibility index (Phi) is 6.35. The first-order chi connectivity index (χ1) is 13.0. The highest BCUT2D eigenvalue weighted by atomic mass is 19.2. The van der Waals surface area contributed by atoms with Crippen LogP contribution in [0.5, 0.6) is 0 Å². The van der Waals surface area contributed by atoms with E-state index in [1.54, 1.807) is 0 Å². The Morgan fingerprint density at radius 1 is 0.815 bits per heavy atom. The van der Waals surface area contributed by atoms with E-state index in [0.717, 1.165) is 43.7 Å². The lowest BCUT2D eigenvalue weighted by Crippen LogP contribution is -2.13. The van der Waals surface area contributed by atoms with E-state index in [1.165, 1.54) is 43.2 Å². The fraction of sp³-hybridized carbons (Fsp3) is 0.391. The SMILES string of the molecule is CCC[C@H]1CC[C@H](c2cc(F)c(C=Cc3ccc(F)c(F)c3)c(F)c2)CC1. The van der Waals surface area contributed by atoms with Crippen LogP contribution in [0.15, 0.2) is 30.3 Å². The average Bonchev–Trinajstić information content (AvgIpc) is 2.64. The molecule has 27 heavy (non-hydrogen) atoms. The zero-order valence-electron chi connectivity index (χ0n) is 15.5. The third-order valence-corrected chi connectivity index (χ3v) is 5.50. The quantitative estimate of drug-likeness (QED) is 0.375. The molecule has 2 aromatic rings. The Morgan fingerprint density at radius 2 is 1.48 bits per heavy atom. The van der Waals surface area contributed by atoms with E-state index < -0.39 is 23.3 Å². The summed E-state index contributed by atoms with van der Waals surface area (Å²) in [5.74, 6) is -2.26. The van der Waals surface area contributed by atoms with Crippen molar-refractivity contribution < 1.29 is 17.6 Å². The van der Waals surface area contributed by atoms with Gasteiger partial charge < -0.3 is 0 Å². The second-order valence-electron chi connectivity index (χ2n) is 7.41. The van der Waals surface area contributed by atoms with Gasteiger partial charge in [0.15, 0.2) is 11.6 Å². The first-order valence-electron chi connectivity index (χ1n) is 9.60. The second kappa shape index (κ2) is 8.73. The highest BCUT2D eigenvalue weighted by molar-refractivity contribution is 5.70. The van der Waals surface area contributed by atoms with Crippen LogP contribution in [0.1, 0.15) is 68.1 Å². The minimum atomic E-state index is -0.993. The Labute approximate surface area is 157 Å². The summed E-state index contributed by atoms with van der Waals surface area (Å²) in [6.07, 6.45) is 9.19. The van der Waals surface area contributed by atoms with Crippen molar-refractivity contribution in [2.45, 2.75) is 51.4 Å². The van der Waals surface area contributed by atoms with E-state index >= 15 is 0 Å². The van der Waals surface area contributed by atoms with E-state index in [-0.39, 0.29) is 11.5 Å². The molecule has 3 rings (SSSR count). The molecule has 1 saturated carbocycles. The molecule has 0 nitrogen and oxygen atoms in total. The van der Waals surface area contributed by atoms with Gasteiger partial charge >= 0.3 is 0 Å². The predicted octanol–water partition coefficient (Wildman–Crippen LogP) is 7.49. The van der Waals surface area contributed by atoms with Gasteiger partial charge in [0.25, 0.3) is 0 Å². The molecule has 0 bridgehead atoms. The van der Waals surface area contributed by atoms with Crippen LogP contribution in [0, 0.1) is 29.2 Å². The largest absolute Gasteiger partial charge is 0.206 e. The Balaban J connectivity index is 1.75. The molecule has 144 valence electrons. The normalized spacial score (nSPS) is 20.3. The van der Waals surface area contributed by atoms with Gasteiger partial charge in [0.2, 0.25) is 0 Å². The second-order valence-corrected chi connectivity index (χ2v) is 7.41. The molecule has 0 aromatic heterocycles. The van der Waals surface area contributed by atoms with Crippen LogP contribution < -0.4 is 0 Å². The first-order valence-corrected chi connectivity index (χ1v) is 9.60. The van der Waals surface area contributed by atoms with E-state index in [2.05, 4.69) is 6.92 Å². The molecular formula is C23H24F4. The van der Waals surface area contributed by atoms with Crippen LogP contribution in [0.4, 0.5) is 17.6 Å². The van der Waals surface area contributed by atoms with Crippen molar-refractivity contribution in [2.75, 3.05) is 0 Å². The highest BCUT2D eigenvalue weighted by Crippen LogP contribution is 2.38. The summed E-state index contributed by atoms with van der Waals surface area (Å²) >= 11 is 0. The molecule has 0 heterocycles. The third-order valence-electron chi connectivity index (χ3n) is 5.50. The smallest absolute Gasteiger partial charge is 0.159 e. The van der Waals surface area contributed by atoms with Gasteiger partial charge in [0.05, 0.1) is 0 Å². The van der Waals surface area contributed by atoms with Crippen molar-refractivity contribution >= 4 is 12.2 Å². The molecule has 0 N–H and O–H groups in total. The molecule has 0 atom stereocenters. The summed E-state index contributed by atoms with van der Waals surface area (Å²) in [5.41, 5.74) is 0.888. The Morgan fingerprint density at radius 3 is 2.07 bits per heavy atom. The summed E-state index contributed by atoms with van der Waals surface area (Å²) in [4.78, 5) is 0. The number of rotatable bonds is 5. The van der Waals surface area contributed by atoms with Gasteiger partial charge in [-0.1, -0.05) is 31.9 Å². The zero-order valence-corrected chi connectivity index (χ0v) is 15.5. The summed E-state index contributed by atoms with van der Waals surface area (Å²) in [6, 6.07) is 6.16. The summed E-state index contributed by atoms with van der Waals surface area (Å²) in [5, 5.41) is 0. The summed E-state index contributed by atoms with van der Waals surface area (Å²) in [6.45, 7) is 2.18. The predicted molar refractivity (Wildman–Crippen MR) is 101 cm³/mol. The van der Waals surface area contributed by atoms with Crippen LogP contribution in [0.25, 0.3) is 12.2 Å². The van der Waals surface area contributed by atoms with Crippen molar-refractivity contribution in [3.05, 3.63) is 70.3 Å². The van der Waals surface area contributed by atoms with E-state index in [9.17, 15) is 17.6 Å². The summed E-state index contributed by atoms with van der Waals surface area (Å²) in [7, 11) is 0. The van der Waals surface area contributed by atoms with Gasteiger partial charge in [0, 0.05) is 5.56 Å². The molecule has 4 heteroatoms. The van der Waals surface area contributed by atoms with Crippen molar-refractivity contribution in [3.63, 3.8) is 0 Å². The van der Waals surface area contributed by atoms with Crippen molar-refractivity contribution in [3.8, 4) is 0 Å². The van der Waals surface area contributed by atoms with Crippen molar-refractivity contribution in [2.24, 2.45) is 5.92 Å². The van der Waals surface area contributed by atoms with Crippen LogP contribution in [0.3, 0.4) is 0 Å². The van der Waals surface area contributed by atoms with Crippen LogP contribution >= 0.6 is 0 Å². The number of hydrogen-bond donors (Lipinski definition) is 0. The van der Waals surface area contributed by atoms with Gasteiger partial charge in [-0.2, -0.15) is 0 Å². The molecule has 0 amide bonds. The lowest BCUT2D eigenvalue weighted by molar-refractivity contribution is 0.307. The van der Waals surface area contributed by atoms with E-state index in [4.69, 9.17) is 0 Å². The minimum Gasteiger partial charge on any atom is -0.206 e. The number of benzene rings is 2. The Hall–Kier alpha value is -2.10. The maximum atomic E-state index is 14.5. The van der Waals surface area contributed by atoms with Gasteiger partial charge in [-0.05, 0) is 79.0 Å². The van der Waals surface area contributed by atoms with Gasteiger partial charge in [-0.15, -0.1) is 0 Å². The molecule has 1 aliphatic carbocycles. The topological polar surface area (TPSA) is 0 Å². The third kappa shape index (κ3) is 4.79. The Bertz CT molecular complexity index is 794. The van der Waals surface area contributed by atoms with E-state index in [0.29, 0.717) is 11.1 Å². The average molecular weight is 376 g/mol. The van der Waals surface area contributed by atoms with E-state index in [1.807, 2.05) is 0 Å². The van der Waals surface area contributed by atoms with Gasteiger partial charge in [-0.3, -0.25) is 0 Å². The van der Waals surface area contributed by atoms with Gasteiger partial charge in [-0.25, -0.2) is 17.6 Å². The fourth-order valence-corrected chi connectivity index (χ4v) is 3.99. The molecule has 0 saturated heterocycles. The van der Waals surface area contributed by atoms with Crippen molar-refractivity contribution in [1.82, 2.24) is 0 Å². The molecule has 0 aliphatic heterocycles. The van der Waals surface area contributed by atoms with Crippen molar-refractivity contribution in [1.29, 1.82) is 0 Å². The molecular weight excluding hydrogens is 352 g/mol.